The van der Waals surface area contributed by atoms with Crippen LogP contribution >= 0.6 is 0 Å². The Labute approximate surface area is 262 Å². The van der Waals surface area contributed by atoms with Crippen LogP contribution in [-0.4, -0.2) is 63.9 Å². The summed E-state index contributed by atoms with van der Waals surface area (Å²) < 4.78 is 13.2. The molecule has 15 nitrogen and oxygen atoms in total. The van der Waals surface area contributed by atoms with Crippen molar-refractivity contribution in [2.75, 3.05) is 18.8 Å². The second kappa shape index (κ2) is 11.2. The smallest absolute Gasteiger partial charge is 0.410 e. The van der Waals surface area contributed by atoms with Crippen LogP contribution in [0.5, 0.6) is 5.75 Å². The Balaban J connectivity index is 1.11. The zero-order chi connectivity index (χ0) is 32.2. The number of nitrogens with two attached hydrogens (primary N) is 1. The maximum absolute atomic E-state index is 12.7. The number of likely N-dealkylation sites (tertiary alicyclic amines) is 1. The van der Waals surface area contributed by atoms with Crippen molar-refractivity contribution in [1.82, 2.24) is 39.8 Å². The average Bonchev–Trinajstić information content (AvgIpc) is 3.66. The van der Waals surface area contributed by atoms with Gasteiger partial charge in [0.05, 0.1) is 21.4 Å². The molecule has 0 unspecified atom stereocenters. The largest absolute Gasteiger partial charge is 0.415 e. The van der Waals surface area contributed by atoms with Crippen molar-refractivity contribution < 1.29 is 19.0 Å². The van der Waals surface area contributed by atoms with Gasteiger partial charge in [-0.05, 0) is 70.1 Å². The predicted molar refractivity (Wildman–Crippen MR) is 166 cm³/mol. The van der Waals surface area contributed by atoms with Gasteiger partial charge in [-0.2, -0.15) is 5.10 Å². The fourth-order valence-corrected chi connectivity index (χ4v) is 5.79. The fraction of sp³-hybridized carbons (Fsp3) is 0.387. The minimum absolute atomic E-state index is 0.0676. The van der Waals surface area contributed by atoms with Gasteiger partial charge < -0.3 is 19.9 Å². The number of aromatic nitrogens is 7. The highest BCUT2D eigenvalue weighted by molar-refractivity contribution is 6.00. The van der Waals surface area contributed by atoms with Crippen molar-refractivity contribution in [3.05, 3.63) is 64.4 Å². The molecule has 5 aromatic rings. The number of ether oxygens (including phenoxy) is 1. The van der Waals surface area contributed by atoms with Gasteiger partial charge in [-0.3, -0.25) is 10.1 Å². The van der Waals surface area contributed by atoms with Crippen molar-refractivity contribution in [2.24, 2.45) is 0 Å². The lowest BCUT2D eigenvalue weighted by atomic mass is 9.91. The van der Waals surface area contributed by atoms with E-state index < -0.39 is 11.0 Å². The summed E-state index contributed by atoms with van der Waals surface area (Å²) in [4.78, 5) is 43.0. The topological polar surface area (TPSA) is 194 Å². The van der Waals surface area contributed by atoms with E-state index in [0.717, 1.165) is 24.2 Å². The van der Waals surface area contributed by atoms with Gasteiger partial charge in [-0.1, -0.05) is 5.16 Å². The molecule has 1 aromatic carbocycles. The van der Waals surface area contributed by atoms with E-state index in [1.54, 1.807) is 4.90 Å². The first kappa shape index (κ1) is 29.3. The highest BCUT2D eigenvalue weighted by Crippen LogP contribution is 2.48. The second-order valence-corrected chi connectivity index (χ2v) is 12.7. The van der Waals surface area contributed by atoms with Gasteiger partial charge in [0.2, 0.25) is 0 Å². The van der Waals surface area contributed by atoms with Crippen molar-refractivity contribution >= 4 is 28.6 Å². The van der Waals surface area contributed by atoms with Gasteiger partial charge >= 0.3 is 6.09 Å². The Hall–Kier alpha value is -5.47. The maximum Gasteiger partial charge on any atom is 0.415 e. The molecule has 1 saturated carbocycles. The lowest BCUT2D eigenvalue weighted by Gasteiger charge is -2.31. The number of benzene rings is 1. The van der Waals surface area contributed by atoms with E-state index in [4.69, 9.17) is 30.1 Å². The first-order valence-corrected chi connectivity index (χ1v) is 15.1. The SMILES string of the molecule is CC(C)(C)n1nc(-c2noc(C3CC3)c2-c2ncc(C3CCN(C(=O)Oc4ccc([N+](=O)[O-])cc4)CC3)cn2)c2c(N)ncnc21. The summed E-state index contributed by atoms with van der Waals surface area (Å²) in [6.07, 6.45) is 8.00. The summed E-state index contributed by atoms with van der Waals surface area (Å²) in [6, 6.07) is 5.44. The number of hydrogen-bond donors (Lipinski definition) is 1. The Bertz CT molecular complexity index is 1930. The van der Waals surface area contributed by atoms with Crippen LogP contribution in [0.2, 0.25) is 0 Å². The monoisotopic (exact) mass is 624 g/mol. The van der Waals surface area contributed by atoms with Crippen LogP contribution in [-0.2, 0) is 5.54 Å². The number of nitrogen functional groups attached to an aromatic ring is 1. The van der Waals surface area contributed by atoms with E-state index in [2.05, 4.69) is 15.1 Å². The molecule has 236 valence electrons. The molecule has 2 aliphatic rings. The quantitative estimate of drug-likeness (QED) is 0.186. The number of piperidine rings is 1. The van der Waals surface area contributed by atoms with Crippen molar-refractivity contribution in [2.45, 2.75) is 63.8 Å². The molecular formula is C31H32N10O5. The minimum Gasteiger partial charge on any atom is -0.410 e. The highest BCUT2D eigenvalue weighted by Gasteiger charge is 2.37. The number of hydrogen-bond acceptors (Lipinski definition) is 12. The summed E-state index contributed by atoms with van der Waals surface area (Å²) in [5, 5.41) is 20.9. The zero-order valence-corrected chi connectivity index (χ0v) is 25.6. The number of anilines is 1. The summed E-state index contributed by atoms with van der Waals surface area (Å²) in [7, 11) is 0. The Morgan fingerprint density at radius 1 is 1.00 bits per heavy atom. The molecule has 2 N–H and O–H groups in total. The number of fused-ring (bicyclic) bond motifs is 1. The van der Waals surface area contributed by atoms with Crippen molar-refractivity contribution in [1.29, 1.82) is 0 Å². The van der Waals surface area contributed by atoms with Crippen LogP contribution in [0.25, 0.3) is 33.8 Å². The number of amides is 1. The van der Waals surface area contributed by atoms with E-state index >= 15 is 0 Å². The molecule has 1 aliphatic heterocycles. The van der Waals surface area contributed by atoms with Gasteiger partial charge in [0.1, 0.15) is 29.3 Å². The highest BCUT2D eigenvalue weighted by atomic mass is 16.6. The zero-order valence-electron chi connectivity index (χ0n) is 25.6. The number of carbonyl (C=O) groups excluding carboxylic acids is 1. The molecule has 46 heavy (non-hydrogen) atoms. The third kappa shape index (κ3) is 5.37. The molecule has 4 aromatic heterocycles. The maximum atomic E-state index is 12.7. The van der Waals surface area contributed by atoms with Gasteiger partial charge in [0.25, 0.3) is 5.69 Å². The summed E-state index contributed by atoms with van der Waals surface area (Å²) >= 11 is 0. The lowest BCUT2D eigenvalue weighted by Crippen LogP contribution is -2.39. The Morgan fingerprint density at radius 3 is 2.33 bits per heavy atom. The van der Waals surface area contributed by atoms with Crippen LogP contribution in [0.4, 0.5) is 16.3 Å². The van der Waals surface area contributed by atoms with E-state index in [-0.39, 0.29) is 28.8 Å². The van der Waals surface area contributed by atoms with Crippen LogP contribution in [0.15, 0.2) is 47.5 Å². The van der Waals surface area contributed by atoms with Crippen LogP contribution in [0.3, 0.4) is 0 Å². The summed E-state index contributed by atoms with van der Waals surface area (Å²) in [5.41, 5.74) is 9.21. The molecule has 7 rings (SSSR count). The molecule has 1 amide bonds. The Morgan fingerprint density at radius 2 is 1.70 bits per heavy atom. The van der Waals surface area contributed by atoms with Gasteiger partial charge in [0, 0.05) is 43.5 Å². The summed E-state index contributed by atoms with van der Waals surface area (Å²) in [6.45, 7) is 7.10. The lowest BCUT2D eigenvalue weighted by molar-refractivity contribution is -0.384. The van der Waals surface area contributed by atoms with E-state index in [1.807, 2.05) is 37.8 Å². The molecule has 0 bridgehead atoms. The van der Waals surface area contributed by atoms with Crippen molar-refractivity contribution in [3.8, 4) is 28.5 Å². The molecule has 2 fully saturated rings. The van der Waals surface area contributed by atoms with Gasteiger partial charge in [-0.15, -0.1) is 0 Å². The normalized spacial score (nSPS) is 15.8. The number of nitro benzene ring substituents is 1. The predicted octanol–water partition coefficient (Wildman–Crippen LogP) is 5.44. The first-order valence-electron chi connectivity index (χ1n) is 15.1. The first-order chi connectivity index (χ1) is 22.1. The molecule has 1 saturated heterocycles. The molecule has 0 radical (unpaired) electrons. The standard InChI is InChI=1S/C31H32N10O5/c1-31(2,3)40-29-23(27(32)35-16-36-29)24(37-40)25-22(26(46-38-25)18-4-5-18)28-33-14-19(15-34-28)17-10-12-39(13-11-17)30(42)45-21-8-6-20(7-9-21)41(43)44/h6-9,14-18H,4-5,10-13H2,1-3H3,(H2,32,35,36). The second-order valence-electron chi connectivity index (χ2n) is 12.7. The van der Waals surface area contributed by atoms with Gasteiger partial charge in [-0.25, -0.2) is 29.4 Å². The van der Waals surface area contributed by atoms with E-state index in [9.17, 15) is 14.9 Å². The summed E-state index contributed by atoms with van der Waals surface area (Å²) in [5.74, 6) is 2.17. The fourth-order valence-electron chi connectivity index (χ4n) is 5.79. The molecule has 0 spiro atoms. The van der Waals surface area contributed by atoms with E-state index in [0.29, 0.717) is 65.6 Å². The van der Waals surface area contributed by atoms with E-state index in [1.165, 1.54) is 30.6 Å². The number of carbonyl (C=O) groups is 1. The number of nitrogens with zero attached hydrogens (tertiary/aromatic N) is 9. The van der Waals surface area contributed by atoms with Crippen LogP contribution in [0.1, 0.15) is 69.6 Å². The molecular weight excluding hydrogens is 592 g/mol. The molecule has 5 heterocycles. The van der Waals surface area contributed by atoms with Crippen LogP contribution in [0, 0.1) is 10.1 Å². The molecule has 1 aliphatic carbocycles. The molecule has 0 atom stereocenters. The van der Waals surface area contributed by atoms with Crippen molar-refractivity contribution in [3.63, 3.8) is 0 Å². The molecule has 15 heteroatoms. The van der Waals surface area contributed by atoms with Crippen LogP contribution < -0.4 is 10.5 Å². The third-order valence-electron chi connectivity index (χ3n) is 8.39. The number of rotatable bonds is 6. The van der Waals surface area contributed by atoms with Gasteiger partial charge in [0.15, 0.2) is 17.2 Å². The number of non-ortho nitro benzene ring substituents is 1. The number of nitro groups is 1. The Kier molecular flexibility index (Phi) is 7.09. The average molecular weight is 625 g/mol. The third-order valence-corrected chi connectivity index (χ3v) is 8.39. The minimum atomic E-state index is -0.501.